The number of rotatable bonds is 1. The number of amides is 1. The number of fused-ring (bicyclic) bond motifs is 1. The monoisotopic (exact) mass is 330 g/mol. The molecule has 2 N–H and O–H groups in total. The lowest BCUT2D eigenvalue weighted by Gasteiger charge is -2.45. The van der Waals surface area contributed by atoms with Gasteiger partial charge in [-0.1, -0.05) is 12.1 Å². The molecule has 1 fully saturated rings. The number of aryl methyl sites for hydroxylation is 1. The molecule has 1 aromatic carbocycles. The van der Waals surface area contributed by atoms with E-state index in [0.29, 0.717) is 18.4 Å². The normalized spacial score (nSPS) is 26.3. The van der Waals surface area contributed by atoms with E-state index < -0.39 is 11.3 Å². The van der Waals surface area contributed by atoms with Crippen LogP contribution in [0.5, 0.6) is 0 Å². The van der Waals surface area contributed by atoms with Crippen molar-refractivity contribution in [2.24, 2.45) is 5.92 Å². The molecule has 1 spiro atoms. The van der Waals surface area contributed by atoms with Gasteiger partial charge in [-0.3, -0.25) is 9.59 Å². The summed E-state index contributed by atoms with van der Waals surface area (Å²) in [5.74, 6) is -0.258. The fourth-order valence-corrected chi connectivity index (χ4v) is 3.56. The van der Waals surface area contributed by atoms with E-state index in [0.717, 1.165) is 24.1 Å². The third kappa shape index (κ3) is 3.25. The van der Waals surface area contributed by atoms with Gasteiger partial charge in [-0.25, -0.2) is 0 Å². The van der Waals surface area contributed by atoms with Crippen LogP contribution in [0.25, 0.3) is 0 Å². The number of carbonyl (C=O) groups excluding carboxylic acids is 2. The number of ether oxygens (including phenoxy) is 1. The van der Waals surface area contributed by atoms with E-state index in [-0.39, 0.29) is 17.8 Å². The molecule has 2 aliphatic rings. The zero-order valence-electron chi connectivity index (χ0n) is 14.9. The van der Waals surface area contributed by atoms with E-state index in [4.69, 9.17) is 4.74 Å². The molecular weight excluding hydrogens is 304 g/mol. The fourth-order valence-electron chi connectivity index (χ4n) is 3.56. The van der Waals surface area contributed by atoms with Crippen molar-refractivity contribution in [1.82, 2.24) is 5.32 Å². The number of benzene rings is 1. The van der Waals surface area contributed by atoms with Crippen LogP contribution in [0.4, 0.5) is 5.69 Å². The van der Waals surface area contributed by atoms with Crippen LogP contribution in [0.15, 0.2) is 18.2 Å². The average Bonchev–Trinajstić information content (AvgIpc) is 2.47. The second-order valence-corrected chi connectivity index (χ2v) is 7.97. The molecule has 0 saturated heterocycles. The molecule has 24 heavy (non-hydrogen) atoms. The largest absolute Gasteiger partial charge is 0.460 e. The molecule has 1 aliphatic heterocycles. The predicted octanol–water partition coefficient (Wildman–Crippen LogP) is 3.38. The van der Waals surface area contributed by atoms with Crippen molar-refractivity contribution in [2.45, 2.75) is 64.6 Å². The van der Waals surface area contributed by atoms with Crippen molar-refractivity contribution >= 4 is 17.6 Å². The van der Waals surface area contributed by atoms with Gasteiger partial charge in [0.1, 0.15) is 11.3 Å². The molecule has 1 aliphatic carbocycles. The number of para-hydroxylation sites is 1. The van der Waals surface area contributed by atoms with Crippen LogP contribution in [0.1, 0.15) is 62.4 Å². The first-order valence-corrected chi connectivity index (χ1v) is 8.62. The number of nitrogens with one attached hydrogen (secondary N) is 2. The Kier molecular flexibility index (Phi) is 4.06. The number of anilines is 1. The van der Waals surface area contributed by atoms with E-state index in [1.807, 2.05) is 45.9 Å². The SMILES string of the molecule is Cc1cccc2c1NC1(CCC(C(=O)OC(C)(C)C)CC1)NC2=O. The molecule has 0 radical (unpaired) electrons. The summed E-state index contributed by atoms with van der Waals surface area (Å²) in [5, 5.41) is 6.66. The van der Waals surface area contributed by atoms with E-state index >= 15 is 0 Å². The minimum Gasteiger partial charge on any atom is -0.460 e. The number of hydrogen-bond donors (Lipinski definition) is 2. The standard InChI is InChI=1S/C19H26N2O3/c1-12-6-5-7-14-15(12)20-19(21-16(14)22)10-8-13(9-11-19)17(23)24-18(2,3)4/h5-7,13,20H,8-11H2,1-4H3,(H,21,22). The van der Waals surface area contributed by atoms with Gasteiger partial charge in [0.2, 0.25) is 0 Å². The molecule has 5 nitrogen and oxygen atoms in total. The van der Waals surface area contributed by atoms with Gasteiger partial charge in [-0.05, 0) is 65.0 Å². The number of carbonyl (C=O) groups is 2. The van der Waals surface area contributed by atoms with Crippen LogP contribution in [-0.4, -0.2) is 23.1 Å². The third-order valence-electron chi connectivity index (χ3n) is 4.81. The molecular formula is C19H26N2O3. The Balaban J connectivity index is 1.71. The third-order valence-corrected chi connectivity index (χ3v) is 4.81. The predicted molar refractivity (Wildman–Crippen MR) is 92.8 cm³/mol. The molecule has 1 amide bonds. The van der Waals surface area contributed by atoms with Crippen LogP contribution in [0.2, 0.25) is 0 Å². The summed E-state index contributed by atoms with van der Waals surface area (Å²) >= 11 is 0. The smallest absolute Gasteiger partial charge is 0.309 e. The first-order chi connectivity index (χ1) is 11.2. The van der Waals surface area contributed by atoms with Gasteiger partial charge >= 0.3 is 5.97 Å². The van der Waals surface area contributed by atoms with Crippen LogP contribution in [0.3, 0.4) is 0 Å². The Labute approximate surface area is 143 Å². The Morgan fingerprint density at radius 1 is 1.21 bits per heavy atom. The Bertz CT molecular complexity index is 668. The molecule has 3 rings (SSSR count). The quantitative estimate of drug-likeness (QED) is 0.775. The van der Waals surface area contributed by atoms with Crippen molar-refractivity contribution in [1.29, 1.82) is 0 Å². The maximum absolute atomic E-state index is 12.5. The van der Waals surface area contributed by atoms with Crippen LogP contribution >= 0.6 is 0 Å². The highest BCUT2D eigenvalue weighted by Crippen LogP contribution is 2.38. The Morgan fingerprint density at radius 2 is 1.88 bits per heavy atom. The summed E-state index contributed by atoms with van der Waals surface area (Å²) in [7, 11) is 0. The lowest BCUT2D eigenvalue weighted by Crippen LogP contribution is -2.59. The zero-order chi connectivity index (χ0) is 17.5. The summed E-state index contributed by atoms with van der Waals surface area (Å²) in [5.41, 5.74) is 1.76. The van der Waals surface area contributed by atoms with Crippen molar-refractivity contribution in [3.63, 3.8) is 0 Å². The molecule has 130 valence electrons. The fraction of sp³-hybridized carbons (Fsp3) is 0.579. The van der Waals surface area contributed by atoms with Gasteiger partial charge in [-0.2, -0.15) is 0 Å². The lowest BCUT2D eigenvalue weighted by atomic mass is 9.80. The molecule has 1 heterocycles. The summed E-state index contributed by atoms with van der Waals surface area (Å²) in [6, 6.07) is 5.74. The molecule has 0 unspecified atom stereocenters. The van der Waals surface area contributed by atoms with Gasteiger partial charge in [-0.15, -0.1) is 0 Å². The minimum absolute atomic E-state index is 0.0387. The second-order valence-electron chi connectivity index (χ2n) is 7.97. The van der Waals surface area contributed by atoms with Crippen molar-refractivity contribution < 1.29 is 14.3 Å². The van der Waals surface area contributed by atoms with Crippen molar-refractivity contribution in [3.8, 4) is 0 Å². The number of hydrogen-bond acceptors (Lipinski definition) is 4. The van der Waals surface area contributed by atoms with Crippen molar-refractivity contribution in [2.75, 3.05) is 5.32 Å². The van der Waals surface area contributed by atoms with E-state index in [9.17, 15) is 9.59 Å². The molecule has 5 heteroatoms. The maximum Gasteiger partial charge on any atom is 0.309 e. The Morgan fingerprint density at radius 3 is 2.50 bits per heavy atom. The lowest BCUT2D eigenvalue weighted by molar-refractivity contribution is -0.161. The highest BCUT2D eigenvalue weighted by molar-refractivity contribution is 6.02. The summed E-state index contributed by atoms with van der Waals surface area (Å²) < 4.78 is 5.50. The summed E-state index contributed by atoms with van der Waals surface area (Å²) in [6.07, 6.45) is 2.86. The summed E-state index contributed by atoms with van der Waals surface area (Å²) in [6.45, 7) is 7.66. The number of esters is 1. The first-order valence-electron chi connectivity index (χ1n) is 8.62. The van der Waals surface area contributed by atoms with Crippen molar-refractivity contribution in [3.05, 3.63) is 29.3 Å². The van der Waals surface area contributed by atoms with Gasteiger partial charge < -0.3 is 15.4 Å². The highest BCUT2D eigenvalue weighted by Gasteiger charge is 2.43. The molecule has 1 aromatic rings. The minimum atomic E-state index is -0.459. The molecule has 0 aromatic heterocycles. The van der Waals surface area contributed by atoms with Gasteiger partial charge in [0.25, 0.3) is 5.91 Å². The first kappa shape index (κ1) is 16.8. The van der Waals surface area contributed by atoms with Gasteiger partial charge in [0.05, 0.1) is 17.2 Å². The van der Waals surface area contributed by atoms with Gasteiger partial charge in [0.15, 0.2) is 0 Å². The molecule has 1 saturated carbocycles. The van der Waals surface area contributed by atoms with Crippen LogP contribution in [0, 0.1) is 12.8 Å². The van der Waals surface area contributed by atoms with Gasteiger partial charge in [0, 0.05) is 0 Å². The maximum atomic E-state index is 12.5. The average molecular weight is 330 g/mol. The van der Waals surface area contributed by atoms with E-state index in [2.05, 4.69) is 10.6 Å². The highest BCUT2D eigenvalue weighted by atomic mass is 16.6. The van der Waals surface area contributed by atoms with E-state index in [1.165, 1.54) is 0 Å². The summed E-state index contributed by atoms with van der Waals surface area (Å²) in [4.78, 5) is 24.7. The zero-order valence-corrected chi connectivity index (χ0v) is 14.9. The second kappa shape index (κ2) is 5.80. The molecule has 0 bridgehead atoms. The molecule has 0 atom stereocenters. The topological polar surface area (TPSA) is 67.4 Å². The van der Waals surface area contributed by atoms with E-state index in [1.54, 1.807) is 0 Å². The van der Waals surface area contributed by atoms with Crippen LogP contribution < -0.4 is 10.6 Å². The van der Waals surface area contributed by atoms with Crippen LogP contribution in [-0.2, 0) is 9.53 Å². The Hall–Kier alpha value is -2.04.